The summed E-state index contributed by atoms with van der Waals surface area (Å²) in [6.07, 6.45) is 0.484. The van der Waals surface area contributed by atoms with E-state index < -0.39 is 11.7 Å². The van der Waals surface area contributed by atoms with Crippen molar-refractivity contribution in [2.24, 2.45) is 5.73 Å². The molecule has 0 fully saturated rings. The Morgan fingerprint density at radius 1 is 1.29 bits per heavy atom. The number of nitrogens with one attached hydrogen (secondary N) is 2. The lowest BCUT2D eigenvalue weighted by atomic mass is 10.1. The first-order valence-corrected chi connectivity index (χ1v) is 6.12. The van der Waals surface area contributed by atoms with Gasteiger partial charge in [-0.3, -0.25) is 9.59 Å². The van der Waals surface area contributed by atoms with Crippen LogP contribution in [-0.2, 0) is 16.0 Å². The van der Waals surface area contributed by atoms with Crippen LogP contribution < -0.4 is 21.1 Å². The summed E-state index contributed by atoms with van der Waals surface area (Å²) < 4.78 is 18.2. The number of hydrogen-bond acceptors (Lipinski definition) is 4. The van der Waals surface area contributed by atoms with Crippen LogP contribution in [0.5, 0.6) is 5.75 Å². The fourth-order valence-electron chi connectivity index (χ4n) is 1.53. The Balaban J connectivity index is 0.00000400. The summed E-state index contributed by atoms with van der Waals surface area (Å²) >= 11 is 0. The molecule has 0 bridgehead atoms. The molecule has 4 N–H and O–H groups in total. The van der Waals surface area contributed by atoms with Crippen molar-refractivity contribution in [2.75, 3.05) is 26.7 Å². The van der Waals surface area contributed by atoms with Gasteiger partial charge in [-0.25, -0.2) is 4.39 Å². The molecule has 8 heteroatoms. The second-order valence-electron chi connectivity index (χ2n) is 4.05. The maximum atomic E-state index is 13.4. The first kappa shape index (κ1) is 19.1. The molecule has 1 aromatic carbocycles. The number of methoxy groups -OCH3 is 1. The summed E-state index contributed by atoms with van der Waals surface area (Å²) in [6, 6.07) is 4.62. The highest BCUT2D eigenvalue weighted by molar-refractivity contribution is 5.85. The van der Waals surface area contributed by atoms with Gasteiger partial charge < -0.3 is 21.1 Å². The van der Waals surface area contributed by atoms with Crippen LogP contribution in [0.4, 0.5) is 4.39 Å². The van der Waals surface area contributed by atoms with E-state index in [0.717, 1.165) is 5.56 Å². The first-order valence-electron chi connectivity index (χ1n) is 6.12. The number of rotatable bonds is 7. The van der Waals surface area contributed by atoms with Gasteiger partial charge >= 0.3 is 0 Å². The fourth-order valence-corrected chi connectivity index (χ4v) is 1.53. The first-order chi connectivity index (χ1) is 9.56. The van der Waals surface area contributed by atoms with Crippen molar-refractivity contribution in [1.29, 1.82) is 0 Å². The maximum absolute atomic E-state index is 13.4. The summed E-state index contributed by atoms with van der Waals surface area (Å²) in [7, 11) is 1.40. The van der Waals surface area contributed by atoms with Gasteiger partial charge in [0.1, 0.15) is 0 Å². The maximum Gasteiger partial charge on any atom is 0.239 e. The molecule has 6 nitrogen and oxygen atoms in total. The number of ether oxygens (including phenoxy) is 1. The molecule has 0 saturated heterocycles. The quantitative estimate of drug-likeness (QED) is 0.659. The third-order valence-electron chi connectivity index (χ3n) is 2.58. The van der Waals surface area contributed by atoms with Crippen LogP contribution in [0.25, 0.3) is 0 Å². The van der Waals surface area contributed by atoms with Gasteiger partial charge in [0.25, 0.3) is 0 Å². The number of nitrogens with two attached hydrogens (primary N) is 1. The lowest BCUT2D eigenvalue weighted by Crippen LogP contribution is -2.40. The summed E-state index contributed by atoms with van der Waals surface area (Å²) in [5.74, 6) is -0.966. The topological polar surface area (TPSA) is 93.5 Å². The van der Waals surface area contributed by atoms with Crippen LogP contribution >= 0.6 is 12.4 Å². The summed E-state index contributed by atoms with van der Waals surface area (Å²) in [4.78, 5) is 22.2. The lowest BCUT2D eigenvalue weighted by molar-refractivity contribution is -0.125. The van der Waals surface area contributed by atoms with Crippen molar-refractivity contribution in [3.63, 3.8) is 0 Å². The number of carbonyl (C=O) groups is 2. The fraction of sp³-hybridized carbons (Fsp3) is 0.385. The van der Waals surface area contributed by atoms with Gasteiger partial charge in [0.05, 0.1) is 20.2 Å². The second-order valence-corrected chi connectivity index (χ2v) is 4.05. The zero-order valence-corrected chi connectivity index (χ0v) is 12.5. The van der Waals surface area contributed by atoms with Crippen LogP contribution in [0, 0.1) is 5.82 Å². The van der Waals surface area contributed by atoms with Crippen LogP contribution in [0.3, 0.4) is 0 Å². The molecule has 0 heterocycles. The minimum absolute atomic E-state index is 0. The molecule has 0 atom stereocenters. The minimum atomic E-state index is -0.438. The molecule has 1 aromatic rings. The monoisotopic (exact) mass is 319 g/mol. The Morgan fingerprint density at radius 3 is 2.57 bits per heavy atom. The molecule has 0 aliphatic heterocycles. The summed E-state index contributed by atoms with van der Waals surface area (Å²) in [5, 5.41) is 4.96. The van der Waals surface area contributed by atoms with Gasteiger partial charge in [-0.2, -0.15) is 0 Å². The zero-order valence-electron chi connectivity index (χ0n) is 11.6. The van der Waals surface area contributed by atoms with E-state index in [2.05, 4.69) is 10.6 Å². The van der Waals surface area contributed by atoms with Crippen LogP contribution in [0.15, 0.2) is 18.2 Å². The molecule has 0 aliphatic carbocycles. The third kappa shape index (κ3) is 6.92. The normalized spacial score (nSPS) is 9.48. The van der Waals surface area contributed by atoms with E-state index in [0.29, 0.717) is 13.0 Å². The standard InChI is InChI=1S/C13H18FN3O3.ClH/c1-20-11-3-2-9(6-10(11)14)4-5-16-13(19)8-17-12(18)7-15;/h2-3,6H,4-5,7-8,15H2,1H3,(H,16,19)(H,17,18);1H. The number of benzene rings is 1. The molecule has 0 aromatic heterocycles. The van der Waals surface area contributed by atoms with Crippen LogP contribution in [0.2, 0.25) is 0 Å². The van der Waals surface area contributed by atoms with Crippen molar-refractivity contribution < 1.29 is 18.7 Å². The Hall–Kier alpha value is -1.86. The van der Waals surface area contributed by atoms with E-state index in [-0.39, 0.29) is 37.2 Å². The Bertz CT molecular complexity index is 486. The number of carbonyl (C=O) groups excluding carboxylic acids is 2. The van der Waals surface area contributed by atoms with E-state index in [4.69, 9.17) is 10.5 Å². The van der Waals surface area contributed by atoms with Crippen molar-refractivity contribution in [3.05, 3.63) is 29.6 Å². The third-order valence-corrected chi connectivity index (χ3v) is 2.58. The molecule has 0 aliphatic rings. The van der Waals surface area contributed by atoms with Gasteiger partial charge in [0.2, 0.25) is 11.8 Å². The highest BCUT2D eigenvalue weighted by Crippen LogP contribution is 2.17. The van der Waals surface area contributed by atoms with Gasteiger partial charge in [-0.15, -0.1) is 12.4 Å². The molecular weight excluding hydrogens is 301 g/mol. The van der Waals surface area contributed by atoms with E-state index in [9.17, 15) is 14.0 Å². The van der Waals surface area contributed by atoms with Gasteiger partial charge in [0, 0.05) is 6.54 Å². The Kier molecular flexibility index (Phi) is 9.07. The highest BCUT2D eigenvalue weighted by atomic mass is 35.5. The minimum Gasteiger partial charge on any atom is -0.494 e. The zero-order chi connectivity index (χ0) is 15.0. The Morgan fingerprint density at radius 2 is 2.00 bits per heavy atom. The number of amides is 2. The van der Waals surface area contributed by atoms with Gasteiger partial charge in [-0.1, -0.05) is 6.07 Å². The molecule has 0 saturated carbocycles. The van der Waals surface area contributed by atoms with Crippen LogP contribution in [0.1, 0.15) is 5.56 Å². The summed E-state index contributed by atoms with van der Waals surface area (Å²) in [5.41, 5.74) is 5.83. The Labute approximate surface area is 128 Å². The van der Waals surface area contributed by atoms with Crippen molar-refractivity contribution >= 4 is 24.2 Å². The predicted octanol–water partition coefficient (Wildman–Crippen LogP) is -0.0103. The van der Waals surface area contributed by atoms with Crippen LogP contribution in [-0.4, -0.2) is 38.6 Å². The molecule has 118 valence electrons. The van der Waals surface area contributed by atoms with Gasteiger partial charge in [0.15, 0.2) is 11.6 Å². The largest absolute Gasteiger partial charge is 0.494 e. The van der Waals surface area contributed by atoms with E-state index in [1.165, 1.54) is 19.2 Å². The molecule has 0 radical (unpaired) electrons. The second kappa shape index (κ2) is 9.95. The molecule has 2 amide bonds. The predicted molar refractivity (Wildman–Crippen MR) is 79.0 cm³/mol. The lowest BCUT2D eigenvalue weighted by Gasteiger charge is -2.07. The number of hydrogen-bond donors (Lipinski definition) is 3. The average molecular weight is 320 g/mol. The molecule has 1 rings (SSSR count). The average Bonchev–Trinajstić information content (AvgIpc) is 2.45. The van der Waals surface area contributed by atoms with Crippen molar-refractivity contribution in [1.82, 2.24) is 10.6 Å². The van der Waals surface area contributed by atoms with Crippen molar-refractivity contribution in [2.45, 2.75) is 6.42 Å². The van der Waals surface area contributed by atoms with E-state index >= 15 is 0 Å². The summed E-state index contributed by atoms with van der Waals surface area (Å²) in [6.45, 7) is 0.0779. The molecule has 21 heavy (non-hydrogen) atoms. The molecule has 0 spiro atoms. The smallest absolute Gasteiger partial charge is 0.239 e. The van der Waals surface area contributed by atoms with E-state index in [1.54, 1.807) is 6.07 Å². The van der Waals surface area contributed by atoms with E-state index in [1.807, 2.05) is 0 Å². The SMILES string of the molecule is COc1ccc(CCNC(=O)CNC(=O)CN)cc1F.Cl. The highest BCUT2D eigenvalue weighted by Gasteiger charge is 2.05. The van der Waals surface area contributed by atoms with Gasteiger partial charge in [-0.05, 0) is 24.1 Å². The molecular formula is C13H19ClFN3O3. The molecule has 0 unspecified atom stereocenters. The van der Waals surface area contributed by atoms with Crippen molar-refractivity contribution in [3.8, 4) is 5.75 Å². The number of halogens is 2.